The molecule has 0 bridgehead atoms. The number of hydrogen-bond acceptors (Lipinski definition) is 1. The van der Waals surface area contributed by atoms with Crippen LogP contribution < -0.4 is 4.90 Å². The first kappa shape index (κ1) is 23.3. The maximum atomic E-state index is 2.31. The largest absolute Gasteiger partial charge is 0.311 e. The van der Waals surface area contributed by atoms with E-state index in [1.807, 2.05) is 0 Å². The Morgan fingerprint density at radius 1 is 0.436 bits per heavy atom. The lowest BCUT2D eigenvalue weighted by Crippen LogP contribution is -2.09. The third-order valence-corrected chi connectivity index (χ3v) is 7.75. The van der Waals surface area contributed by atoms with Crippen molar-refractivity contribution in [1.82, 2.24) is 0 Å². The summed E-state index contributed by atoms with van der Waals surface area (Å²) in [6.45, 7) is 4.25. The number of aryl methyl sites for hydroxylation is 2. The molecule has 0 heterocycles. The number of nitrogens with zero attached hydrogens (tertiary/aromatic N) is 1. The van der Waals surface area contributed by atoms with Gasteiger partial charge in [0.2, 0.25) is 0 Å². The van der Waals surface area contributed by atoms with Crippen LogP contribution in [0.25, 0.3) is 44.5 Å². The number of benzene rings is 7. The van der Waals surface area contributed by atoms with E-state index in [9.17, 15) is 0 Å². The summed E-state index contributed by atoms with van der Waals surface area (Å²) in [7, 11) is 0. The van der Waals surface area contributed by atoms with Crippen LogP contribution in [0.15, 0.2) is 127 Å². The van der Waals surface area contributed by atoms with Crippen molar-refractivity contribution >= 4 is 61.5 Å². The molecule has 7 aromatic rings. The fourth-order valence-electron chi connectivity index (χ4n) is 5.66. The zero-order chi connectivity index (χ0) is 26.3. The standard InChI is InChI=1S/C38H29N/c1-26-6-19-33(20-7-26)39(34-21-8-27(2)9-22-34)35-23-11-28(12-24-35)10-13-29-14-15-32-17-16-30-4-3-5-31-18-25-36(29)38(32)37(30)31/h3-25H,1-2H3. The lowest BCUT2D eigenvalue weighted by molar-refractivity contribution is 1.27. The number of rotatable bonds is 5. The second-order valence-corrected chi connectivity index (χ2v) is 10.4. The molecule has 39 heavy (non-hydrogen) atoms. The molecule has 0 atom stereocenters. The summed E-state index contributed by atoms with van der Waals surface area (Å²) in [5.41, 5.74) is 8.39. The molecule has 0 amide bonds. The molecule has 186 valence electrons. The lowest BCUT2D eigenvalue weighted by atomic mass is 9.92. The summed E-state index contributed by atoms with van der Waals surface area (Å²) < 4.78 is 0. The quantitative estimate of drug-likeness (QED) is 0.168. The van der Waals surface area contributed by atoms with Gasteiger partial charge in [-0.25, -0.2) is 0 Å². The van der Waals surface area contributed by atoms with Crippen molar-refractivity contribution < 1.29 is 0 Å². The maximum absolute atomic E-state index is 2.31. The topological polar surface area (TPSA) is 3.24 Å². The van der Waals surface area contributed by atoms with Crippen LogP contribution >= 0.6 is 0 Å². The van der Waals surface area contributed by atoms with Crippen LogP contribution in [-0.4, -0.2) is 0 Å². The molecule has 7 aromatic carbocycles. The van der Waals surface area contributed by atoms with Gasteiger partial charge in [0, 0.05) is 17.1 Å². The van der Waals surface area contributed by atoms with Crippen LogP contribution in [0.2, 0.25) is 0 Å². The molecule has 7 rings (SSSR count). The van der Waals surface area contributed by atoms with Gasteiger partial charge in [-0.2, -0.15) is 0 Å². The molecule has 0 aliphatic rings. The SMILES string of the molecule is Cc1ccc(N(c2ccc(C)cc2)c2ccc(C=Cc3ccc4ccc5cccc6ccc3c4c56)cc2)cc1. The first-order valence-corrected chi connectivity index (χ1v) is 13.5. The molecule has 0 aromatic heterocycles. The molecule has 1 heteroatoms. The molecule has 1 nitrogen and oxygen atoms in total. The minimum Gasteiger partial charge on any atom is -0.311 e. The van der Waals surface area contributed by atoms with Crippen molar-refractivity contribution in [2.75, 3.05) is 4.90 Å². The van der Waals surface area contributed by atoms with Gasteiger partial charge in [0.05, 0.1) is 0 Å². The molecule has 0 spiro atoms. The summed E-state index contributed by atoms with van der Waals surface area (Å²) in [6, 6.07) is 46.3. The van der Waals surface area contributed by atoms with E-state index in [-0.39, 0.29) is 0 Å². The van der Waals surface area contributed by atoms with E-state index in [0.717, 1.165) is 17.1 Å². The Kier molecular flexibility index (Phi) is 5.64. The van der Waals surface area contributed by atoms with Gasteiger partial charge < -0.3 is 4.90 Å². The third-order valence-electron chi connectivity index (χ3n) is 7.75. The molecular weight excluding hydrogens is 470 g/mol. The van der Waals surface area contributed by atoms with E-state index in [4.69, 9.17) is 0 Å². The highest BCUT2D eigenvalue weighted by atomic mass is 15.1. The van der Waals surface area contributed by atoms with E-state index in [1.165, 1.54) is 54.6 Å². The van der Waals surface area contributed by atoms with Gasteiger partial charge in [-0.05, 0) is 93.7 Å². The maximum Gasteiger partial charge on any atom is 0.0462 e. The van der Waals surface area contributed by atoms with Gasteiger partial charge in [0.25, 0.3) is 0 Å². The monoisotopic (exact) mass is 499 g/mol. The van der Waals surface area contributed by atoms with Crippen LogP contribution in [0.5, 0.6) is 0 Å². The fourth-order valence-corrected chi connectivity index (χ4v) is 5.66. The highest BCUT2D eigenvalue weighted by molar-refractivity contribution is 6.24. The smallest absolute Gasteiger partial charge is 0.0462 e. The highest BCUT2D eigenvalue weighted by Crippen LogP contribution is 2.37. The first-order valence-electron chi connectivity index (χ1n) is 13.5. The Morgan fingerprint density at radius 3 is 1.51 bits per heavy atom. The third kappa shape index (κ3) is 4.23. The molecule has 0 saturated heterocycles. The zero-order valence-electron chi connectivity index (χ0n) is 22.2. The molecule has 0 saturated carbocycles. The molecule has 0 aliphatic carbocycles. The second-order valence-electron chi connectivity index (χ2n) is 10.4. The van der Waals surface area contributed by atoms with Crippen molar-refractivity contribution in [3.63, 3.8) is 0 Å². The number of hydrogen-bond donors (Lipinski definition) is 0. The summed E-state index contributed by atoms with van der Waals surface area (Å²) in [6.07, 6.45) is 4.47. The average molecular weight is 500 g/mol. The summed E-state index contributed by atoms with van der Waals surface area (Å²) >= 11 is 0. The Labute approximate surface area is 229 Å². The Balaban J connectivity index is 1.25. The molecule has 0 unspecified atom stereocenters. The van der Waals surface area contributed by atoms with Gasteiger partial charge in [-0.3, -0.25) is 0 Å². The van der Waals surface area contributed by atoms with E-state index in [1.54, 1.807) is 0 Å². The molecular formula is C38H29N. The Hall–Kier alpha value is -4.88. The summed E-state index contributed by atoms with van der Waals surface area (Å²) in [5, 5.41) is 7.91. The predicted octanol–water partition coefficient (Wildman–Crippen LogP) is 10.8. The van der Waals surface area contributed by atoms with Crippen molar-refractivity contribution in [3.8, 4) is 0 Å². The molecule has 0 aliphatic heterocycles. The predicted molar refractivity (Wildman–Crippen MR) is 170 cm³/mol. The fraction of sp³-hybridized carbons (Fsp3) is 0.0526. The van der Waals surface area contributed by atoms with Crippen LogP contribution in [0.4, 0.5) is 17.1 Å². The van der Waals surface area contributed by atoms with Crippen LogP contribution in [0.3, 0.4) is 0 Å². The lowest BCUT2D eigenvalue weighted by Gasteiger charge is -2.25. The van der Waals surface area contributed by atoms with Gasteiger partial charge >= 0.3 is 0 Å². The van der Waals surface area contributed by atoms with Gasteiger partial charge in [0.1, 0.15) is 0 Å². The Morgan fingerprint density at radius 2 is 0.923 bits per heavy atom. The van der Waals surface area contributed by atoms with E-state index in [0.29, 0.717) is 0 Å². The molecule has 0 fully saturated rings. The van der Waals surface area contributed by atoms with Crippen LogP contribution in [0, 0.1) is 13.8 Å². The zero-order valence-corrected chi connectivity index (χ0v) is 22.2. The normalized spacial score (nSPS) is 11.7. The summed E-state index contributed by atoms with van der Waals surface area (Å²) in [5.74, 6) is 0. The van der Waals surface area contributed by atoms with Gasteiger partial charge in [-0.1, -0.05) is 114 Å². The molecule has 0 N–H and O–H groups in total. The van der Waals surface area contributed by atoms with Crippen molar-refractivity contribution in [2.24, 2.45) is 0 Å². The Bertz CT molecular complexity index is 1880. The molecule has 0 radical (unpaired) electrons. The minimum absolute atomic E-state index is 1.14. The van der Waals surface area contributed by atoms with Crippen LogP contribution in [-0.2, 0) is 0 Å². The first-order chi connectivity index (χ1) is 19.1. The van der Waals surface area contributed by atoms with E-state index in [2.05, 4.69) is 158 Å². The number of anilines is 3. The minimum atomic E-state index is 1.14. The van der Waals surface area contributed by atoms with E-state index >= 15 is 0 Å². The van der Waals surface area contributed by atoms with Crippen molar-refractivity contribution in [3.05, 3.63) is 150 Å². The second kappa shape index (κ2) is 9.45. The van der Waals surface area contributed by atoms with E-state index < -0.39 is 0 Å². The van der Waals surface area contributed by atoms with Crippen LogP contribution in [0.1, 0.15) is 22.3 Å². The average Bonchev–Trinajstić information content (AvgIpc) is 2.98. The van der Waals surface area contributed by atoms with Gasteiger partial charge in [0.15, 0.2) is 0 Å². The van der Waals surface area contributed by atoms with Gasteiger partial charge in [-0.15, -0.1) is 0 Å². The summed E-state index contributed by atoms with van der Waals surface area (Å²) in [4.78, 5) is 2.31. The van der Waals surface area contributed by atoms with Crippen molar-refractivity contribution in [1.29, 1.82) is 0 Å². The van der Waals surface area contributed by atoms with Crippen molar-refractivity contribution in [2.45, 2.75) is 13.8 Å². The highest BCUT2D eigenvalue weighted by Gasteiger charge is 2.13.